The van der Waals surface area contributed by atoms with E-state index in [4.69, 9.17) is 9.84 Å². The molecule has 6 heteroatoms. The van der Waals surface area contributed by atoms with Gasteiger partial charge in [0.25, 0.3) is 0 Å². The number of aliphatic carboxylic acids is 1. The zero-order chi connectivity index (χ0) is 15.4. The van der Waals surface area contributed by atoms with Crippen molar-refractivity contribution < 1.29 is 23.4 Å². The summed E-state index contributed by atoms with van der Waals surface area (Å²) >= 11 is 3.23. The summed E-state index contributed by atoms with van der Waals surface area (Å²) in [4.78, 5) is 10.6. The number of carboxylic acids is 1. The van der Waals surface area contributed by atoms with Gasteiger partial charge in [0.2, 0.25) is 0 Å². The second kappa shape index (κ2) is 6.49. The largest absolute Gasteiger partial charge is 0.478 e. The molecule has 21 heavy (non-hydrogen) atoms. The third-order valence-corrected chi connectivity index (χ3v) is 2.99. The fourth-order valence-electron chi connectivity index (χ4n) is 1.57. The maximum Gasteiger partial charge on any atom is 0.328 e. The molecule has 0 spiro atoms. The van der Waals surface area contributed by atoms with Crippen LogP contribution < -0.4 is 4.74 Å². The van der Waals surface area contributed by atoms with Crippen LogP contribution in [0, 0.1) is 11.6 Å². The van der Waals surface area contributed by atoms with Crippen LogP contribution in [0.4, 0.5) is 8.78 Å². The van der Waals surface area contributed by atoms with Crippen molar-refractivity contribution in [2.75, 3.05) is 0 Å². The van der Waals surface area contributed by atoms with Crippen molar-refractivity contribution in [1.82, 2.24) is 0 Å². The average molecular weight is 355 g/mol. The quantitative estimate of drug-likeness (QED) is 0.815. The first-order valence-corrected chi connectivity index (χ1v) is 6.58. The molecule has 0 radical (unpaired) electrons. The maximum atomic E-state index is 13.6. The van der Waals surface area contributed by atoms with Gasteiger partial charge in [-0.2, -0.15) is 0 Å². The van der Waals surface area contributed by atoms with Crippen molar-refractivity contribution >= 4 is 28.0 Å². The van der Waals surface area contributed by atoms with Gasteiger partial charge in [0.1, 0.15) is 11.6 Å². The van der Waals surface area contributed by atoms with E-state index in [1.165, 1.54) is 12.1 Å². The van der Waals surface area contributed by atoms with Gasteiger partial charge in [-0.05, 0) is 30.3 Å². The smallest absolute Gasteiger partial charge is 0.328 e. The molecule has 0 heterocycles. The van der Waals surface area contributed by atoms with E-state index in [1.54, 1.807) is 12.1 Å². The van der Waals surface area contributed by atoms with E-state index in [0.29, 0.717) is 10.0 Å². The molecular formula is C15H9BrF2O3. The zero-order valence-electron chi connectivity index (χ0n) is 10.5. The van der Waals surface area contributed by atoms with Crippen LogP contribution in [-0.4, -0.2) is 11.1 Å². The molecule has 0 atom stereocenters. The Hall–Kier alpha value is -2.21. The zero-order valence-corrected chi connectivity index (χ0v) is 12.1. The van der Waals surface area contributed by atoms with E-state index >= 15 is 0 Å². The number of halogens is 3. The van der Waals surface area contributed by atoms with Gasteiger partial charge in [-0.15, -0.1) is 0 Å². The Bertz CT molecular complexity index is 714. The van der Waals surface area contributed by atoms with Gasteiger partial charge in [-0.25, -0.2) is 13.6 Å². The first-order valence-electron chi connectivity index (χ1n) is 5.79. The van der Waals surface area contributed by atoms with Crippen LogP contribution in [-0.2, 0) is 4.79 Å². The molecule has 1 N–H and O–H groups in total. The molecule has 108 valence electrons. The Labute approximate surface area is 127 Å². The average Bonchev–Trinajstić information content (AvgIpc) is 2.42. The Kier molecular flexibility index (Phi) is 4.70. The predicted octanol–water partition coefficient (Wildman–Crippen LogP) is 4.62. The number of hydrogen-bond donors (Lipinski definition) is 1. The van der Waals surface area contributed by atoms with E-state index < -0.39 is 17.6 Å². The molecule has 2 aromatic carbocycles. The lowest BCUT2D eigenvalue weighted by molar-refractivity contribution is -0.131. The number of carbonyl (C=O) groups is 1. The lowest BCUT2D eigenvalue weighted by Crippen LogP contribution is -1.93. The number of rotatable bonds is 4. The highest BCUT2D eigenvalue weighted by atomic mass is 79.9. The third kappa shape index (κ3) is 4.13. The van der Waals surface area contributed by atoms with Crippen LogP contribution in [0.2, 0.25) is 0 Å². The molecule has 2 rings (SSSR count). The normalized spacial score (nSPS) is 10.8. The molecule has 0 fully saturated rings. The molecule has 0 aliphatic carbocycles. The Balaban J connectivity index is 2.40. The lowest BCUT2D eigenvalue weighted by Gasteiger charge is -2.10. The van der Waals surface area contributed by atoms with Crippen molar-refractivity contribution in [3.05, 3.63) is 64.1 Å². The van der Waals surface area contributed by atoms with E-state index in [1.807, 2.05) is 0 Å². The van der Waals surface area contributed by atoms with Crippen LogP contribution >= 0.6 is 15.9 Å². The van der Waals surface area contributed by atoms with E-state index in [9.17, 15) is 13.6 Å². The SMILES string of the molecule is O=C(O)C=Cc1ccc(Br)cc1Oc1cc(F)ccc1F. The van der Waals surface area contributed by atoms with Crippen molar-refractivity contribution in [1.29, 1.82) is 0 Å². The number of carboxylic acid groups (broad SMARTS) is 1. The van der Waals surface area contributed by atoms with Crippen molar-refractivity contribution in [2.45, 2.75) is 0 Å². The van der Waals surface area contributed by atoms with Crippen molar-refractivity contribution in [2.24, 2.45) is 0 Å². The van der Waals surface area contributed by atoms with Gasteiger partial charge < -0.3 is 9.84 Å². The molecule has 2 aromatic rings. The monoisotopic (exact) mass is 354 g/mol. The Morgan fingerprint density at radius 2 is 1.90 bits per heavy atom. The lowest BCUT2D eigenvalue weighted by atomic mass is 10.2. The summed E-state index contributed by atoms with van der Waals surface area (Å²) in [7, 11) is 0. The summed E-state index contributed by atoms with van der Waals surface area (Å²) in [5, 5.41) is 8.64. The van der Waals surface area contributed by atoms with Crippen LogP contribution in [0.3, 0.4) is 0 Å². The second-order valence-corrected chi connectivity index (χ2v) is 4.95. The molecule has 0 amide bonds. The molecule has 0 aliphatic rings. The van der Waals surface area contributed by atoms with Crippen molar-refractivity contribution in [3.8, 4) is 11.5 Å². The number of benzene rings is 2. The third-order valence-electron chi connectivity index (χ3n) is 2.49. The molecule has 0 saturated carbocycles. The number of ether oxygens (including phenoxy) is 1. The molecular weight excluding hydrogens is 346 g/mol. The highest BCUT2D eigenvalue weighted by Crippen LogP contribution is 2.31. The fraction of sp³-hybridized carbons (Fsp3) is 0. The van der Waals surface area contributed by atoms with Crippen LogP contribution in [0.5, 0.6) is 11.5 Å². The second-order valence-electron chi connectivity index (χ2n) is 4.03. The van der Waals surface area contributed by atoms with Gasteiger partial charge in [-0.1, -0.05) is 22.0 Å². The molecule has 0 bridgehead atoms. The van der Waals surface area contributed by atoms with Crippen LogP contribution in [0.1, 0.15) is 5.56 Å². The van der Waals surface area contributed by atoms with Crippen molar-refractivity contribution in [3.63, 3.8) is 0 Å². The molecule has 0 unspecified atom stereocenters. The van der Waals surface area contributed by atoms with Gasteiger partial charge in [0, 0.05) is 22.2 Å². The topological polar surface area (TPSA) is 46.5 Å². The van der Waals surface area contributed by atoms with Crippen LogP contribution in [0.25, 0.3) is 6.08 Å². The van der Waals surface area contributed by atoms with Gasteiger partial charge in [0.05, 0.1) is 0 Å². The minimum Gasteiger partial charge on any atom is -0.478 e. The molecule has 0 saturated heterocycles. The summed E-state index contributed by atoms with van der Waals surface area (Å²) in [6.45, 7) is 0. The van der Waals surface area contributed by atoms with E-state index in [0.717, 1.165) is 24.3 Å². The Morgan fingerprint density at radius 3 is 2.62 bits per heavy atom. The summed E-state index contributed by atoms with van der Waals surface area (Å²) < 4.78 is 32.7. The van der Waals surface area contributed by atoms with E-state index in [-0.39, 0.29) is 11.5 Å². The van der Waals surface area contributed by atoms with Crippen LogP contribution in [0.15, 0.2) is 46.9 Å². The first-order chi connectivity index (χ1) is 9.95. The standard InChI is InChI=1S/C15H9BrF2O3/c16-10-3-1-9(2-6-15(19)20)13(7-10)21-14-8-11(17)4-5-12(14)18/h1-8H,(H,19,20). The van der Waals surface area contributed by atoms with Gasteiger partial charge >= 0.3 is 5.97 Å². The minimum absolute atomic E-state index is 0.200. The highest BCUT2D eigenvalue weighted by Gasteiger charge is 2.09. The maximum absolute atomic E-state index is 13.6. The van der Waals surface area contributed by atoms with Gasteiger partial charge in [0.15, 0.2) is 11.6 Å². The molecule has 3 nitrogen and oxygen atoms in total. The first kappa shape index (κ1) is 15.2. The van der Waals surface area contributed by atoms with Gasteiger partial charge in [-0.3, -0.25) is 0 Å². The highest BCUT2D eigenvalue weighted by molar-refractivity contribution is 9.10. The predicted molar refractivity (Wildman–Crippen MR) is 77.2 cm³/mol. The summed E-state index contributed by atoms with van der Waals surface area (Å²) in [5.41, 5.74) is 0.421. The summed E-state index contributed by atoms with van der Waals surface area (Å²) in [6, 6.07) is 7.66. The number of hydrogen-bond acceptors (Lipinski definition) is 2. The Morgan fingerprint density at radius 1 is 1.14 bits per heavy atom. The minimum atomic E-state index is -1.12. The molecule has 0 aliphatic heterocycles. The summed E-state index contributed by atoms with van der Waals surface area (Å²) in [5.74, 6) is -2.56. The molecule has 0 aromatic heterocycles. The van der Waals surface area contributed by atoms with E-state index in [2.05, 4.69) is 15.9 Å². The fourth-order valence-corrected chi connectivity index (χ4v) is 1.91. The summed E-state index contributed by atoms with van der Waals surface area (Å²) in [6.07, 6.45) is 2.24.